The monoisotopic (exact) mass is 930 g/mol. The van der Waals surface area contributed by atoms with Crippen molar-refractivity contribution in [2.24, 2.45) is 11.8 Å². The van der Waals surface area contributed by atoms with E-state index in [-0.39, 0.29) is 24.8 Å². The Kier molecular flexibility index (Phi) is 20.3. The van der Waals surface area contributed by atoms with Gasteiger partial charge in [0.1, 0.15) is 0 Å². The maximum absolute atomic E-state index is 11.4. The maximum Gasteiger partial charge on any atom is -1.00 e. The van der Waals surface area contributed by atoms with Crippen LogP contribution in [0.15, 0.2) is 109 Å². The number of fused-ring (bicyclic) bond motifs is 2. The number of aryl methyl sites for hydroxylation is 2. The minimum absolute atomic E-state index is 0. The maximum atomic E-state index is 11.4. The first-order valence-corrected chi connectivity index (χ1v) is 27.6. The van der Waals surface area contributed by atoms with Gasteiger partial charge in [-0.2, -0.15) is 12.1 Å². The molecule has 7 heteroatoms. The Morgan fingerprint density at radius 3 is 1.32 bits per heavy atom. The van der Waals surface area contributed by atoms with Crippen LogP contribution >= 0.6 is 0 Å². The van der Waals surface area contributed by atoms with Crippen LogP contribution in [-0.2, 0) is 49.0 Å². The molecule has 0 bridgehead atoms. The molecule has 0 aromatic heterocycles. The van der Waals surface area contributed by atoms with Gasteiger partial charge in [0.05, 0.1) is 0 Å². The molecule has 0 heterocycles. The van der Waals surface area contributed by atoms with Gasteiger partial charge in [0.15, 0.2) is 0 Å². The summed E-state index contributed by atoms with van der Waals surface area (Å²) in [5.41, 5.74) is 10.8. The Hall–Kier alpha value is -2.43. The molecule has 0 saturated heterocycles. The van der Waals surface area contributed by atoms with E-state index < -0.39 is 18.0 Å². The van der Waals surface area contributed by atoms with Crippen molar-refractivity contribution in [3.63, 3.8) is 0 Å². The first-order valence-electron chi connectivity index (χ1n) is 21.7. The third-order valence-corrected chi connectivity index (χ3v) is 14.9. The standard InChI is InChI=1S/2C24H27.C4H7F3Si.2ClH.Zr/c2*1-2-6-18-11-13-21(14-12-18)23-10-5-9-22-16-20(17-24(22)23)15-19-7-3-4-8-19;1-8-3-2-4(5,6)7;;;/h2*5,9-14,16-17,19H,2-4,6-8,15H2,1H3;2-3H2,1H3;2*1H;/q2*-1;;;;+2/p-2. The van der Waals surface area contributed by atoms with Crippen LogP contribution in [0.1, 0.15) is 107 Å². The number of benzene rings is 4. The third kappa shape index (κ3) is 14.9. The quantitative estimate of drug-likeness (QED) is 0.0848. The van der Waals surface area contributed by atoms with Crippen LogP contribution in [0.4, 0.5) is 13.2 Å². The molecular weight excluding hydrogens is 872 g/mol. The van der Waals surface area contributed by atoms with Crippen LogP contribution in [0.25, 0.3) is 43.8 Å². The van der Waals surface area contributed by atoms with Gasteiger partial charge in [-0.25, -0.2) is 0 Å². The van der Waals surface area contributed by atoms with Crippen LogP contribution in [0, 0.1) is 11.8 Å². The van der Waals surface area contributed by atoms with Gasteiger partial charge in [-0.05, 0) is 59.8 Å². The average molecular weight is 933 g/mol. The molecule has 0 unspecified atom stereocenters. The van der Waals surface area contributed by atoms with Crippen molar-refractivity contribution in [3.8, 4) is 22.3 Å². The van der Waals surface area contributed by atoms with Crippen LogP contribution < -0.4 is 24.8 Å². The molecule has 59 heavy (non-hydrogen) atoms. The zero-order valence-corrected chi connectivity index (χ0v) is 40.2. The summed E-state index contributed by atoms with van der Waals surface area (Å²) in [6.07, 6.45) is 14.2. The Morgan fingerprint density at radius 2 is 1.00 bits per heavy atom. The van der Waals surface area contributed by atoms with E-state index in [9.17, 15) is 13.2 Å². The van der Waals surface area contributed by atoms with Gasteiger partial charge in [-0.3, -0.25) is 0 Å². The fourth-order valence-corrected chi connectivity index (χ4v) is 10.6. The molecule has 0 aliphatic heterocycles. The zero-order valence-electron chi connectivity index (χ0n) is 35.3. The molecule has 8 rings (SSSR count). The van der Waals surface area contributed by atoms with E-state index in [0.29, 0.717) is 6.04 Å². The zero-order chi connectivity index (χ0) is 40.2. The molecule has 2 saturated carbocycles. The molecule has 6 aromatic carbocycles. The summed E-state index contributed by atoms with van der Waals surface area (Å²) in [7, 11) is 0. The second-order valence-electron chi connectivity index (χ2n) is 16.8. The predicted octanol–water partition coefficient (Wildman–Crippen LogP) is 9.94. The van der Waals surface area contributed by atoms with E-state index >= 15 is 0 Å². The molecule has 0 N–H and O–H groups in total. The van der Waals surface area contributed by atoms with Crippen molar-refractivity contribution in [2.75, 3.05) is 0 Å². The second-order valence-corrected chi connectivity index (χ2v) is 25.2. The van der Waals surface area contributed by atoms with Crippen molar-refractivity contribution in [1.29, 1.82) is 0 Å². The minimum atomic E-state index is -3.93. The fraction of sp³-hybridized carbons (Fsp3) is 0.423. The molecule has 314 valence electrons. The number of hydrogen-bond acceptors (Lipinski definition) is 0. The summed E-state index contributed by atoms with van der Waals surface area (Å²) in [4.78, 5) is 0. The Balaban J connectivity index is 0.000000211. The SMILES string of the molecule is CCCc1ccc(-c2cccc3[cH-]c(CC4CCCC4)cc23)cc1.CCCc1ccc(-c2cccc3[cH-]c(CC4CCCC4)cc23)cc1.C[Si](=[Zr+2])CCC(F)(F)F.[Cl-].[Cl-]. The molecule has 0 radical (unpaired) electrons. The Bertz CT molecular complexity index is 2010. The van der Waals surface area contributed by atoms with E-state index in [2.05, 4.69) is 123 Å². The van der Waals surface area contributed by atoms with Gasteiger partial charge in [0, 0.05) is 0 Å². The molecule has 2 fully saturated rings. The Labute approximate surface area is 380 Å². The van der Waals surface area contributed by atoms with Crippen LogP contribution in [0.2, 0.25) is 12.6 Å². The molecule has 0 amide bonds. The van der Waals surface area contributed by atoms with E-state index in [0.717, 1.165) is 11.8 Å². The largest absolute Gasteiger partial charge is 1.00 e. The van der Waals surface area contributed by atoms with Gasteiger partial charge >= 0.3 is 67.1 Å². The first kappa shape index (κ1) is 49.2. The molecule has 6 aromatic rings. The number of halogens is 5. The van der Waals surface area contributed by atoms with Gasteiger partial charge < -0.3 is 24.8 Å². The van der Waals surface area contributed by atoms with E-state index in [1.165, 1.54) is 179 Å². The summed E-state index contributed by atoms with van der Waals surface area (Å²) in [5, 5.41) is 5.65. The molecule has 0 spiro atoms. The van der Waals surface area contributed by atoms with E-state index in [1.54, 1.807) is 0 Å². The van der Waals surface area contributed by atoms with Crippen molar-refractivity contribution in [2.45, 2.75) is 129 Å². The fourth-order valence-electron chi connectivity index (χ4n) is 9.04. The van der Waals surface area contributed by atoms with E-state index in [4.69, 9.17) is 0 Å². The van der Waals surface area contributed by atoms with E-state index in [1.807, 2.05) is 6.55 Å². The van der Waals surface area contributed by atoms with Crippen LogP contribution in [-0.4, -0.2) is 11.6 Å². The topological polar surface area (TPSA) is 0 Å². The molecule has 2 aliphatic rings. The first-order chi connectivity index (χ1) is 27.6. The molecule has 0 atom stereocenters. The summed E-state index contributed by atoms with van der Waals surface area (Å²) in [6.45, 7) is 6.41. The van der Waals surface area contributed by atoms with Crippen molar-refractivity contribution in [3.05, 3.63) is 131 Å². The molecule has 0 nitrogen and oxygen atoms in total. The Morgan fingerprint density at radius 1 is 0.610 bits per heavy atom. The van der Waals surface area contributed by atoms with Gasteiger partial charge in [-0.1, -0.05) is 150 Å². The molecule has 2 aliphatic carbocycles. The van der Waals surface area contributed by atoms with Crippen molar-refractivity contribution < 1.29 is 61.3 Å². The number of hydrogen-bond donors (Lipinski definition) is 0. The minimum Gasteiger partial charge on any atom is -1.00 e. The van der Waals surface area contributed by atoms with Gasteiger partial charge in [0.25, 0.3) is 0 Å². The van der Waals surface area contributed by atoms with Gasteiger partial charge in [-0.15, -0.1) is 69.1 Å². The summed E-state index contributed by atoms with van der Waals surface area (Å²) >= 11 is 1.29. The smallest absolute Gasteiger partial charge is 1.00 e. The van der Waals surface area contributed by atoms with Crippen LogP contribution in [0.5, 0.6) is 0 Å². The summed E-state index contributed by atoms with van der Waals surface area (Å²) < 4.78 is 34.3. The predicted molar refractivity (Wildman–Crippen MR) is 236 cm³/mol. The number of rotatable bonds is 12. The number of alkyl halides is 3. The summed E-state index contributed by atoms with van der Waals surface area (Å²) in [5.74, 6) is 1.83. The van der Waals surface area contributed by atoms with Crippen molar-refractivity contribution >= 4 is 27.0 Å². The van der Waals surface area contributed by atoms with Crippen LogP contribution in [0.3, 0.4) is 0 Å². The third-order valence-electron chi connectivity index (χ3n) is 12.0. The van der Waals surface area contributed by atoms with Crippen molar-refractivity contribution in [1.82, 2.24) is 0 Å². The average Bonchev–Trinajstić information content (AvgIpc) is 4.04. The summed E-state index contributed by atoms with van der Waals surface area (Å²) in [6, 6.07) is 42.0. The molecular formula is C52H61Cl2F3SiZr-2. The normalized spacial score (nSPS) is 14.3. The van der Waals surface area contributed by atoms with Gasteiger partial charge in [0.2, 0.25) is 0 Å². The second kappa shape index (κ2) is 24.3.